The lowest BCUT2D eigenvalue weighted by atomic mass is 10.0. The minimum atomic E-state index is -4.35. The van der Waals surface area contributed by atoms with Gasteiger partial charge in [0.25, 0.3) is 0 Å². The first kappa shape index (κ1) is 20.1. The van der Waals surface area contributed by atoms with Crippen LogP contribution in [0.15, 0.2) is 41.3 Å². The molecule has 0 aliphatic carbocycles. The molecular weight excluding hydrogens is 388 g/mol. The molecule has 2 aromatic carbocycles. The highest BCUT2D eigenvalue weighted by atomic mass is 32.2. The van der Waals surface area contributed by atoms with Crippen molar-refractivity contribution in [3.05, 3.63) is 53.6 Å². The average Bonchev–Trinajstić information content (AvgIpc) is 2.92. The Morgan fingerprint density at radius 1 is 1.14 bits per heavy atom. The molecule has 0 saturated carbocycles. The summed E-state index contributed by atoms with van der Waals surface area (Å²) in [7, 11) is -4.35. The second-order valence-electron chi connectivity index (χ2n) is 6.80. The predicted octanol–water partition coefficient (Wildman–Crippen LogP) is 3.04. The van der Waals surface area contributed by atoms with Crippen molar-refractivity contribution in [2.75, 3.05) is 13.2 Å². The van der Waals surface area contributed by atoms with E-state index in [9.17, 15) is 17.2 Å². The van der Waals surface area contributed by atoms with Crippen molar-refractivity contribution in [1.82, 2.24) is 4.72 Å². The zero-order valence-electron chi connectivity index (χ0n) is 15.4. The molecule has 0 radical (unpaired) electrons. The van der Waals surface area contributed by atoms with Gasteiger partial charge in [0.05, 0.1) is 6.54 Å². The van der Waals surface area contributed by atoms with E-state index in [1.54, 1.807) is 6.07 Å². The maximum Gasteiger partial charge on any atom is 0.247 e. The number of benzene rings is 2. The molecule has 0 aromatic heterocycles. The topological polar surface area (TPSA) is 64.6 Å². The Morgan fingerprint density at radius 2 is 1.82 bits per heavy atom. The zero-order valence-corrected chi connectivity index (χ0v) is 16.2. The summed E-state index contributed by atoms with van der Waals surface area (Å²) in [4.78, 5) is -1.02. The summed E-state index contributed by atoms with van der Waals surface area (Å²) >= 11 is 0. The fraction of sp³-hybridized carbons (Fsp3) is 0.300. The number of sulfonamides is 1. The van der Waals surface area contributed by atoms with Gasteiger partial charge in [0.15, 0.2) is 16.4 Å². The molecule has 0 spiro atoms. The van der Waals surface area contributed by atoms with Gasteiger partial charge in [0.2, 0.25) is 10.0 Å². The lowest BCUT2D eigenvalue weighted by Crippen LogP contribution is -2.26. The third kappa shape index (κ3) is 4.43. The quantitative estimate of drug-likeness (QED) is 0.774. The highest BCUT2D eigenvalue weighted by molar-refractivity contribution is 7.89. The van der Waals surface area contributed by atoms with E-state index in [0.29, 0.717) is 11.5 Å². The van der Waals surface area contributed by atoms with E-state index in [0.717, 1.165) is 30.2 Å². The number of hydrogen-bond donors (Lipinski definition) is 1. The van der Waals surface area contributed by atoms with E-state index >= 15 is 0 Å². The minimum Gasteiger partial charge on any atom is -0.483 e. The van der Waals surface area contributed by atoms with Gasteiger partial charge in [-0.1, -0.05) is 30.0 Å². The van der Waals surface area contributed by atoms with Crippen molar-refractivity contribution >= 4 is 10.0 Å². The maximum absolute atomic E-state index is 13.6. The highest BCUT2D eigenvalue weighted by Gasteiger charge is 2.32. The average molecular weight is 407 g/mol. The van der Waals surface area contributed by atoms with Crippen molar-refractivity contribution in [3.8, 4) is 23.3 Å². The molecule has 0 unspecified atom stereocenters. The van der Waals surface area contributed by atoms with Crippen LogP contribution in [0.3, 0.4) is 0 Å². The Balaban J connectivity index is 1.57. The summed E-state index contributed by atoms with van der Waals surface area (Å²) < 4.78 is 64.8. The molecule has 5 nitrogen and oxygen atoms in total. The van der Waals surface area contributed by atoms with Gasteiger partial charge in [-0.2, -0.15) is 4.72 Å². The lowest BCUT2D eigenvalue weighted by Gasteiger charge is -2.17. The van der Waals surface area contributed by atoms with Crippen LogP contribution in [0.2, 0.25) is 0 Å². The van der Waals surface area contributed by atoms with E-state index in [2.05, 4.69) is 11.8 Å². The van der Waals surface area contributed by atoms with Gasteiger partial charge < -0.3 is 9.47 Å². The van der Waals surface area contributed by atoms with Crippen LogP contribution in [0.1, 0.15) is 19.4 Å². The minimum absolute atomic E-state index is 0.00995. The number of hydrogen-bond acceptors (Lipinski definition) is 4. The molecule has 3 rings (SSSR count). The van der Waals surface area contributed by atoms with Crippen LogP contribution in [0.5, 0.6) is 11.5 Å². The SMILES string of the molecule is CC1(C)Cc2cccc(OCC#CCNS(=O)(=O)c3c(F)cccc3F)c2O1. The van der Waals surface area contributed by atoms with E-state index in [1.807, 2.05) is 30.7 Å². The first-order valence-corrected chi connectivity index (χ1v) is 10.0. The molecular formula is C20H19F2NO4S. The molecule has 0 amide bonds. The molecule has 1 aliphatic rings. The van der Waals surface area contributed by atoms with Crippen LogP contribution in [0, 0.1) is 23.5 Å². The number of para-hydroxylation sites is 1. The predicted molar refractivity (Wildman–Crippen MR) is 99.7 cm³/mol. The molecule has 1 N–H and O–H groups in total. The maximum atomic E-state index is 13.6. The summed E-state index contributed by atoms with van der Waals surface area (Å²) in [6.07, 6.45) is 0.777. The lowest BCUT2D eigenvalue weighted by molar-refractivity contribution is 0.133. The van der Waals surface area contributed by atoms with Gasteiger partial charge in [-0.3, -0.25) is 0 Å². The Labute approximate surface area is 162 Å². The Hall–Kier alpha value is -2.63. The molecule has 2 aromatic rings. The number of rotatable bonds is 5. The largest absolute Gasteiger partial charge is 0.483 e. The molecule has 1 aliphatic heterocycles. The standard InChI is InChI=1S/C20H19F2NO4S/c1-20(2)13-14-7-5-10-17(18(14)27-20)26-12-4-3-11-23-28(24,25)19-15(21)8-6-9-16(19)22/h5-10,23H,11-13H2,1-2H3. The number of halogens is 2. The molecule has 1 heterocycles. The monoisotopic (exact) mass is 407 g/mol. The van der Waals surface area contributed by atoms with E-state index in [1.165, 1.54) is 0 Å². The van der Waals surface area contributed by atoms with Gasteiger partial charge in [-0.05, 0) is 32.0 Å². The van der Waals surface area contributed by atoms with Crippen molar-refractivity contribution in [1.29, 1.82) is 0 Å². The van der Waals surface area contributed by atoms with Crippen LogP contribution in [0.4, 0.5) is 8.78 Å². The second kappa shape index (κ2) is 7.78. The van der Waals surface area contributed by atoms with Crippen LogP contribution < -0.4 is 14.2 Å². The Morgan fingerprint density at radius 3 is 2.54 bits per heavy atom. The summed E-state index contributed by atoms with van der Waals surface area (Å²) in [5, 5.41) is 0. The molecule has 28 heavy (non-hydrogen) atoms. The van der Waals surface area contributed by atoms with Crippen LogP contribution in [-0.4, -0.2) is 27.2 Å². The normalized spacial score (nSPS) is 14.6. The van der Waals surface area contributed by atoms with Crippen molar-refractivity contribution in [2.45, 2.75) is 30.8 Å². The molecule has 0 bridgehead atoms. The van der Waals surface area contributed by atoms with Gasteiger partial charge >= 0.3 is 0 Å². The van der Waals surface area contributed by atoms with Gasteiger partial charge in [-0.25, -0.2) is 17.2 Å². The Bertz CT molecular complexity index is 1040. The van der Waals surface area contributed by atoms with Crippen LogP contribution in [0.25, 0.3) is 0 Å². The van der Waals surface area contributed by atoms with Gasteiger partial charge in [-0.15, -0.1) is 0 Å². The summed E-state index contributed by atoms with van der Waals surface area (Å²) in [6.45, 7) is 3.67. The number of nitrogens with one attached hydrogen (secondary N) is 1. The smallest absolute Gasteiger partial charge is 0.247 e. The van der Waals surface area contributed by atoms with E-state index < -0.39 is 26.6 Å². The number of fused-ring (bicyclic) bond motifs is 1. The van der Waals surface area contributed by atoms with Crippen molar-refractivity contribution in [2.24, 2.45) is 0 Å². The van der Waals surface area contributed by atoms with Crippen molar-refractivity contribution in [3.63, 3.8) is 0 Å². The fourth-order valence-corrected chi connectivity index (χ4v) is 3.93. The molecule has 148 valence electrons. The van der Waals surface area contributed by atoms with Crippen LogP contribution >= 0.6 is 0 Å². The van der Waals surface area contributed by atoms with E-state index in [4.69, 9.17) is 9.47 Å². The third-order valence-corrected chi connectivity index (χ3v) is 5.47. The fourth-order valence-electron chi connectivity index (χ4n) is 2.87. The molecule has 0 atom stereocenters. The van der Waals surface area contributed by atoms with Gasteiger partial charge in [0, 0.05) is 12.0 Å². The molecule has 0 fully saturated rings. The van der Waals surface area contributed by atoms with Crippen molar-refractivity contribution < 1.29 is 26.7 Å². The van der Waals surface area contributed by atoms with E-state index in [-0.39, 0.29) is 18.8 Å². The molecule has 8 heteroatoms. The first-order valence-electron chi connectivity index (χ1n) is 8.53. The first-order chi connectivity index (χ1) is 13.2. The summed E-state index contributed by atoms with van der Waals surface area (Å²) in [6, 6.07) is 8.44. The zero-order chi connectivity index (χ0) is 20.4. The summed E-state index contributed by atoms with van der Waals surface area (Å²) in [5.41, 5.74) is 0.753. The second-order valence-corrected chi connectivity index (χ2v) is 8.50. The highest BCUT2D eigenvalue weighted by Crippen LogP contribution is 2.41. The molecule has 0 saturated heterocycles. The van der Waals surface area contributed by atoms with Crippen LogP contribution in [-0.2, 0) is 16.4 Å². The Kier molecular flexibility index (Phi) is 5.59. The summed E-state index contributed by atoms with van der Waals surface area (Å²) in [5.74, 6) is 4.13. The van der Waals surface area contributed by atoms with Gasteiger partial charge in [0.1, 0.15) is 23.8 Å². The number of ether oxygens (including phenoxy) is 2. The third-order valence-electron chi connectivity index (χ3n) is 4.02.